The van der Waals surface area contributed by atoms with Crippen LogP contribution in [0, 0.1) is 11.8 Å². The van der Waals surface area contributed by atoms with Gasteiger partial charge in [-0.15, -0.1) is 0 Å². The number of hydroxylamine groups is 1. The molecule has 1 aromatic rings. The van der Waals surface area contributed by atoms with E-state index in [4.69, 9.17) is 4.84 Å². The Bertz CT molecular complexity index is 357. The standard InChI is InChI=1S/C14H17NO/c1-2-7-13(8-3-1)9-6-12-15-16-14-10-4-5-11-14/h1-3,7-8,14-15H,4-5,10-12H2. The molecule has 16 heavy (non-hydrogen) atoms. The SMILES string of the molecule is C(#Cc1ccccc1)CNOC1CCCC1. The van der Waals surface area contributed by atoms with Crippen LogP contribution >= 0.6 is 0 Å². The summed E-state index contributed by atoms with van der Waals surface area (Å²) < 4.78 is 0. The van der Waals surface area contributed by atoms with E-state index in [1.165, 1.54) is 25.7 Å². The van der Waals surface area contributed by atoms with Gasteiger partial charge in [-0.25, -0.2) is 0 Å². The van der Waals surface area contributed by atoms with Crippen LogP contribution in [0.3, 0.4) is 0 Å². The van der Waals surface area contributed by atoms with Gasteiger partial charge in [0.15, 0.2) is 0 Å². The Balaban J connectivity index is 1.66. The number of rotatable bonds is 3. The average molecular weight is 215 g/mol. The van der Waals surface area contributed by atoms with Gasteiger partial charge in [0.05, 0.1) is 12.6 Å². The van der Waals surface area contributed by atoms with Gasteiger partial charge in [0.2, 0.25) is 0 Å². The van der Waals surface area contributed by atoms with Gasteiger partial charge in [-0.2, -0.15) is 5.48 Å². The van der Waals surface area contributed by atoms with E-state index in [1.54, 1.807) is 0 Å². The van der Waals surface area contributed by atoms with E-state index in [0.29, 0.717) is 12.6 Å². The minimum atomic E-state index is 0.401. The molecule has 0 atom stereocenters. The lowest BCUT2D eigenvalue weighted by Crippen LogP contribution is -2.21. The second kappa shape index (κ2) is 6.32. The first-order chi connectivity index (χ1) is 7.95. The molecule has 1 aliphatic carbocycles. The molecule has 0 heterocycles. The maximum absolute atomic E-state index is 5.49. The van der Waals surface area contributed by atoms with Gasteiger partial charge in [-0.05, 0) is 25.0 Å². The second-order valence-electron chi connectivity index (χ2n) is 4.01. The minimum Gasteiger partial charge on any atom is -0.298 e. The third kappa shape index (κ3) is 3.69. The smallest absolute Gasteiger partial charge is 0.0825 e. The lowest BCUT2D eigenvalue weighted by Gasteiger charge is -2.08. The van der Waals surface area contributed by atoms with Crippen molar-refractivity contribution in [2.75, 3.05) is 6.54 Å². The summed E-state index contributed by atoms with van der Waals surface area (Å²) in [5.41, 5.74) is 3.97. The molecule has 1 aliphatic rings. The van der Waals surface area contributed by atoms with Crippen LogP contribution in [0.25, 0.3) is 0 Å². The molecule has 0 spiro atoms. The Kier molecular flexibility index (Phi) is 4.42. The van der Waals surface area contributed by atoms with Crippen molar-refractivity contribution in [1.82, 2.24) is 5.48 Å². The number of nitrogens with one attached hydrogen (secondary N) is 1. The van der Waals surface area contributed by atoms with Crippen LogP contribution in [-0.4, -0.2) is 12.6 Å². The van der Waals surface area contributed by atoms with Gasteiger partial charge in [0.1, 0.15) is 0 Å². The van der Waals surface area contributed by atoms with Crippen LogP contribution in [0.4, 0.5) is 0 Å². The van der Waals surface area contributed by atoms with E-state index < -0.39 is 0 Å². The predicted octanol–water partition coefficient (Wildman–Crippen LogP) is 2.50. The Hall–Kier alpha value is -1.30. The molecule has 1 aromatic carbocycles. The zero-order chi connectivity index (χ0) is 11.1. The van der Waals surface area contributed by atoms with Crippen molar-refractivity contribution in [3.63, 3.8) is 0 Å². The van der Waals surface area contributed by atoms with Crippen molar-refractivity contribution < 1.29 is 4.84 Å². The summed E-state index contributed by atoms with van der Waals surface area (Å²) in [6, 6.07) is 9.99. The Morgan fingerprint density at radius 3 is 2.69 bits per heavy atom. The van der Waals surface area contributed by atoms with Gasteiger partial charge in [0, 0.05) is 5.56 Å². The topological polar surface area (TPSA) is 21.3 Å². The van der Waals surface area contributed by atoms with Crippen LogP contribution in [0.1, 0.15) is 31.2 Å². The summed E-state index contributed by atoms with van der Waals surface area (Å²) in [6.45, 7) is 0.589. The van der Waals surface area contributed by atoms with Crippen LogP contribution in [0.5, 0.6) is 0 Å². The summed E-state index contributed by atoms with van der Waals surface area (Å²) in [7, 11) is 0. The lowest BCUT2D eigenvalue weighted by atomic mass is 10.2. The van der Waals surface area contributed by atoms with Crippen molar-refractivity contribution >= 4 is 0 Å². The van der Waals surface area contributed by atoms with E-state index in [9.17, 15) is 0 Å². The normalized spacial score (nSPS) is 15.8. The molecular weight excluding hydrogens is 198 g/mol. The molecule has 1 N–H and O–H groups in total. The fourth-order valence-corrected chi connectivity index (χ4v) is 1.87. The van der Waals surface area contributed by atoms with Gasteiger partial charge in [0.25, 0.3) is 0 Å². The molecule has 1 fully saturated rings. The van der Waals surface area contributed by atoms with Crippen molar-refractivity contribution in [2.45, 2.75) is 31.8 Å². The van der Waals surface area contributed by atoms with E-state index in [2.05, 4.69) is 17.3 Å². The highest BCUT2D eigenvalue weighted by atomic mass is 16.7. The molecule has 2 heteroatoms. The maximum atomic E-state index is 5.49. The summed E-state index contributed by atoms with van der Waals surface area (Å²) in [6.07, 6.45) is 5.35. The van der Waals surface area contributed by atoms with E-state index >= 15 is 0 Å². The van der Waals surface area contributed by atoms with E-state index in [0.717, 1.165) is 5.56 Å². The highest BCUT2D eigenvalue weighted by molar-refractivity contribution is 5.33. The minimum absolute atomic E-state index is 0.401. The highest BCUT2D eigenvalue weighted by Gasteiger charge is 2.14. The van der Waals surface area contributed by atoms with Gasteiger partial charge >= 0.3 is 0 Å². The zero-order valence-electron chi connectivity index (χ0n) is 9.41. The highest BCUT2D eigenvalue weighted by Crippen LogP contribution is 2.19. The Morgan fingerprint density at radius 2 is 1.94 bits per heavy atom. The Morgan fingerprint density at radius 1 is 1.19 bits per heavy atom. The molecule has 1 saturated carbocycles. The lowest BCUT2D eigenvalue weighted by molar-refractivity contribution is -0.0138. The number of hydrogen-bond donors (Lipinski definition) is 1. The summed E-state index contributed by atoms with van der Waals surface area (Å²) in [4.78, 5) is 5.49. The summed E-state index contributed by atoms with van der Waals surface area (Å²) in [5.74, 6) is 6.12. The molecular formula is C14H17NO. The van der Waals surface area contributed by atoms with Crippen LogP contribution in [-0.2, 0) is 4.84 Å². The van der Waals surface area contributed by atoms with Crippen molar-refractivity contribution in [1.29, 1.82) is 0 Å². The molecule has 0 amide bonds. The first kappa shape index (κ1) is 11.2. The fraction of sp³-hybridized carbons (Fsp3) is 0.429. The molecule has 0 radical (unpaired) electrons. The maximum Gasteiger partial charge on any atom is 0.0825 e. The van der Waals surface area contributed by atoms with Crippen molar-refractivity contribution in [3.8, 4) is 11.8 Å². The van der Waals surface area contributed by atoms with Gasteiger partial charge < -0.3 is 0 Å². The number of hydrogen-bond acceptors (Lipinski definition) is 2. The molecule has 2 nitrogen and oxygen atoms in total. The quantitative estimate of drug-likeness (QED) is 0.475. The van der Waals surface area contributed by atoms with Crippen LogP contribution in [0.15, 0.2) is 30.3 Å². The summed E-state index contributed by atoms with van der Waals surface area (Å²) >= 11 is 0. The molecule has 0 bridgehead atoms. The van der Waals surface area contributed by atoms with Crippen molar-refractivity contribution in [3.05, 3.63) is 35.9 Å². The van der Waals surface area contributed by atoms with Crippen LogP contribution in [0.2, 0.25) is 0 Å². The molecule has 84 valence electrons. The summed E-state index contributed by atoms with van der Waals surface area (Å²) in [5, 5.41) is 0. The van der Waals surface area contributed by atoms with Gasteiger partial charge in [-0.1, -0.05) is 42.9 Å². The third-order valence-corrected chi connectivity index (χ3v) is 2.72. The molecule has 2 rings (SSSR count). The average Bonchev–Trinajstić information content (AvgIpc) is 2.83. The fourth-order valence-electron chi connectivity index (χ4n) is 1.87. The zero-order valence-corrected chi connectivity index (χ0v) is 9.41. The molecule has 0 unspecified atom stereocenters. The second-order valence-corrected chi connectivity index (χ2v) is 4.01. The molecule has 0 aromatic heterocycles. The first-order valence-electron chi connectivity index (χ1n) is 5.87. The number of benzene rings is 1. The molecule has 0 aliphatic heterocycles. The Labute approximate surface area is 97.0 Å². The molecule has 0 saturated heterocycles. The van der Waals surface area contributed by atoms with E-state index in [1.807, 2.05) is 30.3 Å². The van der Waals surface area contributed by atoms with Gasteiger partial charge in [-0.3, -0.25) is 4.84 Å². The van der Waals surface area contributed by atoms with Crippen LogP contribution < -0.4 is 5.48 Å². The third-order valence-electron chi connectivity index (χ3n) is 2.72. The van der Waals surface area contributed by atoms with E-state index in [-0.39, 0.29) is 0 Å². The largest absolute Gasteiger partial charge is 0.298 e. The monoisotopic (exact) mass is 215 g/mol. The predicted molar refractivity (Wildman–Crippen MR) is 64.7 cm³/mol. The van der Waals surface area contributed by atoms with Crippen molar-refractivity contribution in [2.24, 2.45) is 0 Å². The first-order valence-corrected chi connectivity index (χ1v) is 5.87.